The van der Waals surface area contributed by atoms with Crippen molar-refractivity contribution in [1.82, 2.24) is 5.32 Å². The highest BCUT2D eigenvalue weighted by atomic mass is 19.1. The van der Waals surface area contributed by atoms with Gasteiger partial charge in [0.25, 0.3) is 0 Å². The highest BCUT2D eigenvalue weighted by Gasteiger charge is 2.25. The third-order valence-corrected chi connectivity index (χ3v) is 2.66. The van der Waals surface area contributed by atoms with Crippen molar-refractivity contribution in [2.45, 2.75) is 6.10 Å². The van der Waals surface area contributed by atoms with Crippen molar-refractivity contribution in [3.8, 4) is 5.75 Å². The molecule has 0 aromatic heterocycles. The fraction of sp³-hybridized carbons (Fsp3) is 0.417. The molecule has 1 fully saturated rings. The Hall–Kier alpha value is -1.46. The third kappa shape index (κ3) is 2.62. The van der Waals surface area contributed by atoms with E-state index in [1.165, 1.54) is 19.2 Å². The first-order valence-corrected chi connectivity index (χ1v) is 5.42. The summed E-state index contributed by atoms with van der Waals surface area (Å²) in [6.45, 7) is 1.60. The highest BCUT2D eigenvalue weighted by molar-refractivity contribution is 6.00. The van der Waals surface area contributed by atoms with Crippen LogP contribution in [-0.2, 0) is 4.74 Å². The molecule has 1 aliphatic rings. The number of Topliss-reactive ketones (excluding diaryl/α,β-unsaturated/α-hetero) is 1. The van der Waals surface area contributed by atoms with Gasteiger partial charge in [0.2, 0.25) is 0 Å². The van der Waals surface area contributed by atoms with Crippen LogP contribution in [0.1, 0.15) is 10.4 Å². The van der Waals surface area contributed by atoms with E-state index in [-0.39, 0.29) is 11.3 Å². The van der Waals surface area contributed by atoms with Crippen molar-refractivity contribution in [1.29, 1.82) is 0 Å². The number of benzene rings is 1. The zero-order valence-electron chi connectivity index (χ0n) is 9.53. The van der Waals surface area contributed by atoms with Gasteiger partial charge in [-0.15, -0.1) is 0 Å². The number of carbonyl (C=O) groups excluding carboxylic acids is 1. The number of methoxy groups -OCH3 is 1. The Morgan fingerprint density at radius 3 is 3.00 bits per heavy atom. The Morgan fingerprint density at radius 2 is 2.41 bits per heavy atom. The lowest BCUT2D eigenvalue weighted by molar-refractivity contribution is 0.0266. The van der Waals surface area contributed by atoms with Crippen LogP contribution in [0.25, 0.3) is 0 Å². The molecule has 0 amide bonds. The van der Waals surface area contributed by atoms with E-state index in [0.717, 1.165) is 6.54 Å². The van der Waals surface area contributed by atoms with E-state index >= 15 is 0 Å². The Balaban J connectivity index is 2.18. The van der Waals surface area contributed by atoms with Gasteiger partial charge < -0.3 is 14.8 Å². The van der Waals surface area contributed by atoms with Gasteiger partial charge in [0, 0.05) is 19.2 Å². The number of nitrogens with one attached hydrogen (secondary N) is 1. The summed E-state index contributed by atoms with van der Waals surface area (Å²) in [5.41, 5.74) is 0.0412. The standard InChI is InChI=1S/C12H14FNO3/c1-16-8-2-3-9(10(13)6-8)12(15)11-7-14-4-5-17-11/h2-3,6,11,14H,4-5,7H2,1H3. The number of hydrogen-bond acceptors (Lipinski definition) is 4. The second-order valence-electron chi connectivity index (χ2n) is 3.77. The van der Waals surface area contributed by atoms with Crippen LogP contribution >= 0.6 is 0 Å². The monoisotopic (exact) mass is 239 g/mol. The second kappa shape index (κ2) is 5.25. The topological polar surface area (TPSA) is 47.6 Å². The first kappa shape index (κ1) is 12.0. The molecule has 1 unspecified atom stereocenters. The fourth-order valence-corrected chi connectivity index (χ4v) is 1.73. The van der Waals surface area contributed by atoms with Crippen molar-refractivity contribution in [2.24, 2.45) is 0 Å². The molecule has 1 aromatic rings. The summed E-state index contributed by atoms with van der Waals surface area (Å²) in [6.07, 6.45) is -0.605. The van der Waals surface area contributed by atoms with Gasteiger partial charge >= 0.3 is 0 Å². The van der Waals surface area contributed by atoms with Gasteiger partial charge in [-0.2, -0.15) is 0 Å². The molecule has 2 rings (SSSR count). The highest BCUT2D eigenvalue weighted by Crippen LogP contribution is 2.18. The normalized spacial score (nSPS) is 20.0. The van der Waals surface area contributed by atoms with E-state index in [9.17, 15) is 9.18 Å². The molecule has 0 spiro atoms. The molecule has 4 nitrogen and oxygen atoms in total. The predicted molar refractivity (Wildman–Crippen MR) is 59.9 cm³/mol. The molecule has 0 saturated carbocycles. The van der Waals surface area contributed by atoms with Crippen LogP contribution in [-0.4, -0.2) is 38.7 Å². The number of ketones is 1. The Bertz CT molecular complexity index is 416. The van der Waals surface area contributed by atoms with E-state index in [0.29, 0.717) is 18.9 Å². The summed E-state index contributed by atoms with van der Waals surface area (Å²) in [5.74, 6) is -0.525. The maximum Gasteiger partial charge on any atom is 0.195 e. The van der Waals surface area contributed by atoms with E-state index in [1.807, 2.05) is 0 Å². The van der Waals surface area contributed by atoms with E-state index in [4.69, 9.17) is 9.47 Å². The summed E-state index contributed by atoms with van der Waals surface area (Å²) in [6, 6.07) is 4.19. The number of rotatable bonds is 3. The van der Waals surface area contributed by atoms with Gasteiger partial charge in [0.15, 0.2) is 5.78 Å². The molecule has 0 bridgehead atoms. The SMILES string of the molecule is COc1ccc(C(=O)C2CNCCO2)c(F)c1. The van der Waals surface area contributed by atoms with Crippen LogP contribution in [0.3, 0.4) is 0 Å². The van der Waals surface area contributed by atoms with E-state index in [1.54, 1.807) is 6.07 Å². The second-order valence-corrected chi connectivity index (χ2v) is 3.77. The average Bonchev–Trinajstić information content (AvgIpc) is 2.39. The molecule has 0 aliphatic carbocycles. The van der Waals surface area contributed by atoms with Crippen LogP contribution in [0.15, 0.2) is 18.2 Å². The zero-order valence-corrected chi connectivity index (χ0v) is 9.53. The number of morpholine rings is 1. The van der Waals surface area contributed by atoms with Gasteiger partial charge in [-0.25, -0.2) is 4.39 Å². The number of halogens is 1. The lowest BCUT2D eigenvalue weighted by Crippen LogP contribution is -2.43. The van der Waals surface area contributed by atoms with Crippen LogP contribution < -0.4 is 10.1 Å². The molecule has 92 valence electrons. The summed E-state index contributed by atoms with van der Waals surface area (Å²) >= 11 is 0. The Labute approximate surface area is 98.7 Å². The molecular formula is C12H14FNO3. The quantitative estimate of drug-likeness (QED) is 0.800. The Kier molecular flexibility index (Phi) is 3.71. The summed E-state index contributed by atoms with van der Waals surface area (Å²) in [7, 11) is 1.45. The summed E-state index contributed by atoms with van der Waals surface area (Å²) in [4.78, 5) is 12.0. The molecule has 17 heavy (non-hydrogen) atoms. The number of hydrogen-bond donors (Lipinski definition) is 1. The minimum atomic E-state index is -0.605. The maximum absolute atomic E-state index is 13.7. The minimum Gasteiger partial charge on any atom is -0.497 e. The first-order valence-electron chi connectivity index (χ1n) is 5.42. The summed E-state index contributed by atoms with van der Waals surface area (Å²) < 4.78 is 23.8. The summed E-state index contributed by atoms with van der Waals surface area (Å²) in [5, 5.41) is 3.03. The number of carbonyl (C=O) groups is 1. The van der Waals surface area contributed by atoms with E-state index in [2.05, 4.69) is 5.32 Å². The van der Waals surface area contributed by atoms with Crippen LogP contribution in [0, 0.1) is 5.82 Å². The van der Waals surface area contributed by atoms with Crippen molar-refractivity contribution in [3.05, 3.63) is 29.6 Å². The van der Waals surface area contributed by atoms with E-state index < -0.39 is 11.9 Å². The minimum absolute atomic E-state index is 0.0412. The zero-order chi connectivity index (χ0) is 12.3. The maximum atomic E-state index is 13.7. The predicted octanol–water partition coefficient (Wildman–Crippen LogP) is 1.01. The van der Waals surface area contributed by atoms with Crippen molar-refractivity contribution in [2.75, 3.05) is 26.8 Å². The molecular weight excluding hydrogens is 225 g/mol. The fourth-order valence-electron chi connectivity index (χ4n) is 1.73. The third-order valence-electron chi connectivity index (χ3n) is 2.66. The average molecular weight is 239 g/mol. The van der Waals surface area contributed by atoms with Gasteiger partial charge in [-0.05, 0) is 12.1 Å². The molecule has 1 atom stereocenters. The van der Waals surface area contributed by atoms with Gasteiger partial charge in [0.05, 0.1) is 19.3 Å². The lowest BCUT2D eigenvalue weighted by Gasteiger charge is -2.22. The lowest BCUT2D eigenvalue weighted by atomic mass is 10.0. The van der Waals surface area contributed by atoms with Gasteiger partial charge in [0.1, 0.15) is 17.7 Å². The van der Waals surface area contributed by atoms with Gasteiger partial charge in [-0.1, -0.05) is 0 Å². The molecule has 5 heteroatoms. The largest absolute Gasteiger partial charge is 0.497 e. The Morgan fingerprint density at radius 1 is 1.59 bits per heavy atom. The molecule has 1 heterocycles. The van der Waals surface area contributed by atoms with Gasteiger partial charge in [-0.3, -0.25) is 4.79 Å². The van der Waals surface area contributed by atoms with Crippen molar-refractivity contribution < 1.29 is 18.7 Å². The van der Waals surface area contributed by atoms with Crippen molar-refractivity contribution >= 4 is 5.78 Å². The molecule has 1 aromatic carbocycles. The number of ether oxygens (including phenoxy) is 2. The smallest absolute Gasteiger partial charge is 0.195 e. The first-order chi connectivity index (χ1) is 8.22. The molecule has 0 radical (unpaired) electrons. The van der Waals surface area contributed by atoms with Crippen molar-refractivity contribution in [3.63, 3.8) is 0 Å². The molecule has 1 saturated heterocycles. The molecule has 1 N–H and O–H groups in total. The van der Waals surface area contributed by atoms with Crippen LogP contribution in [0.2, 0.25) is 0 Å². The van der Waals surface area contributed by atoms with Crippen LogP contribution in [0.4, 0.5) is 4.39 Å². The molecule has 1 aliphatic heterocycles. The van der Waals surface area contributed by atoms with Crippen LogP contribution in [0.5, 0.6) is 5.75 Å².